The van der Waals surface area contributed by atoms with Crippen molar-refractivity contribution in [1.82, 2.24) is 32.4 Å². The SMILES string of the molecule is N#Cc1c(-c2ccc(-n3c4ccc(-n5c6ccccc6c6ccccc65)cc4c4cc(-n5c6ccccc6c6ccccc65)ccc43)cc2)ccc(-c2ccc(-n3c4ccc(-n5c6ccccc6c6ccccc65)cc4c4cc(-n5c6ccccc6c6ccccc65)ccc43)cc2)c1-c1cccnc1. The number of hydrogen-bond donors (Lipinski definition) is 0. The number of nitrogens with zero attached hydrogens (tertiary/aromatic N) is 8. The van der Waals surface area contributed by atoms with E-state index in [0.717, 1.165) is 111 Å². The molecule has 482 valence electrons. The molecule has 0 aliphatic heterocycles. The van der Waals surface area contributed by atoms with Crippen LogP contribution in [-0.4, -0.2) is 32.4 Å². The maximum absolute atomic E-state index is 11.6. The van der Waals surface area contributed by atoms with Crippen molar-refractivity contribution in [3.8, 4) is 73.6 Å². The topological polar surface area (TPSA) is 66.3 Å². The minimum atomic E-state index is 0.583. The molecule has 0 fully saturated rings. The van der Waals surface area contributed by atoms with E-state index in [1.807, 2.05) is 12.3 Å². The van der Waals surface area contributed by atoms with Crippen LogP contribution in [0.4, 0.5) is 0 Å². The number of pyridine rings is 1. The molecular weight excluding hydrogens is 1270 g/mol. The van der Waals surface area contributed by atoms with Crippen LogP contribution in [0.1, 0.15) is 5.56 Å². The predicted octanol–water partition coefficient (Wildman–Crippen LogP) is 24.5. The van der Waals surface area contributed by atoms with E-state index >= 15 is 0 Å². The molecule has 0 radical (unpaired) electrons. The maximum atomic E-state index is 11.6. The van der Waals surface area contributed by atoms with E-state index in [1.165, 1.54) is 87.2 Å². The molecule has 0 spiro atoms. The van der Waals surface area contributed by atoms with Gasteiger partial charge in [-0.3, -0.25) is 4.98 Å². The first kappa shape index (κ1) is 57.6. The van der Waals surface area contributed by atoms with Crippen molar-refractivity contribution in [2.45, 2.75) is 0 Å². The van der Waals surface area contributed by atoms with Crippen LogP contribution in [0.5, 0.6) is 0 Å². The zero-order chi connectivity index (χ0) is 68.3. The third-order valence-corrected chi connectivity index (χ3v) is 22.0. The second-order valence-electron chi connectivity index (χ2n) is 27.3. The van der Waals surface area contributed by atoms with Crippen molar-refractivity contribution in [3.05, 3.63) is 358 Å². The number of fused-ring (bicyclic) bond motifs is 18. The fourth-order valence-corrected chi connectivity index (χ4v) is 17.5. The number of rotatable bonds is 9. The molecule has 7 heterocycles. The Kier molecular flexibility index (Phi) is 12.4. The largest absolute Gasteiger partial charge is 0.309 e. The summed E-state index contributed by atoms with van der Waals surface area (Å²) in [5.41, 5.74) is 26.2. The molecule has 0 amide bonds. The van der Waals surface area contributed by atoms with Gasteiger partial charge in [0.15, 0.2) is 0 Å². The highest BCUT2D eigenvalue weighted by Gasteiger charge is 2.24. The Hall–Kier alpha value is -14.3. The van der Waals surface area contributed by atoms with Gasteiger partial charge in [0.1, 0.15) is 6.07 Å². The van der Waals surface area contributed by atoms with E-state index in [2.05, 4.69) is 372 Å². The maximum Gasteiger partial charge on any atom is 0.100 e. The summed E-state index contributed by atoms with van der Waals surface area (Å²) >= 11 is 0. The monoisotopic (exact) mass is 1320 g/mol. The summed E-state index contributed by atoms with van der Waals surface area (Å²) in [6, 6.07) is 126. The average molecular weight is 1320 g/mol. The van der Waals surface area contributed by atoms with Crippen LogP contribution >= 0.6 is 0 Å². The third kappa shape index (κ3) is 8.38. The van der Waals surface area contributed by atoms with Crippen LogP contribution in [-0.2, 0) is 0 Å². The lowest BCUT2D eigenvalue weighted by atomic mass is 9.86. The molecular formula is C96H58N8. The van der Waals surface area contributed by atoms with Gasteiger partial charge in [0.05, 0.1) is 71.8 Å². The number of benzene rings is 15. The van der Waals surface area contributed by atoms with E-state index in [4.69, 9.17) is 0 Å². The molecule has 0 atom stereocenters. The Labute approximate surface area is 596 Å². The second kappa shape index (κ2) is 22.4. The zero-order valence-electron chi connectivity index (χ0n) is 56.1. The van der Waals surface area contributed by atoms with Gasteiger partial charge in [-0.1, -0.05) is 188 Å². The fourth-order valence-electron chi connectivity index (χ4n) is 17.5. The molecule has 0 bridgehead atoms. The van der Waals surface area contributed by atoms with Gasteiger partial charge in [-0.15, -0.1) is 0 Å². The van der Waals surface area contributed by atoms with Gasteiger partial charge in [0.2, 0.25) is 0 Å². The highest BCUT2D eigenvalue weighted by Crippen LogP contribution is 2.46. The minimum Gasteiger partial charge on any atom is -0.309 e. The van der Waals surface area contributed by atoms with Gasteiger partial charge in [0, 0.05) is 128 Å². The minimum absolute atomic E-state index is 0.583. The highest BCUT2D eigenvalue weighted by molar-refractivity contribution is 6.17. The molecule has 0 saturated carbocycles. The third-order valence-electron chi connectivity index (χ3n) is 22.0. The second-order valence-corrected chi connectivity index (χ2v) is 27.3. The molecule has 104 heavy (non-hydrogen) atoms. The number of para-hydroxylation sites is 8. The lowest BCUT2D eigenvalue weighted by molar-refractivity contribution is 1.16. The average Bonchev–Trinajstić information content (AvgIpc) is 1.03. The molecule has 0 unspecified atom stereocenters. The molecule has 22 rings (SSSR count). The van der Waals surface area contributed by atoms with E-state index in [0.29, 0.717) is 5.56 Å². The molecule has 0 aliphatic carbocycles. The molecule has 0 N–H and O–H groups in total. The first-order valence-electron chi connectivity index (χ1n) is 35.4. The molecule has 8 nitrogen and oxygen atoms in total. The quantitative estimate of drug-likeness (QED) is 0.145. The van der Waals surface area contributed by atoms with Crippen LogP contribution in [0.2, 0.25) is 0 Å². The predicted molar refractivity (Wildman–Crippen MR) is 431 cm³/mol. The summed E-state index contributed by atoms with van der Waals surface area (Å²) < 4.78 is 14.4. The van der Waals surface area contributed by atoms with Gasteiger partial charge in [0.25, 0.3) is 0 Å². The van der Waals surface area contributed by atoms with Crippen LogP contribution in [0.25, 0.3) is 198 Å². The highest BCUT2D eigenvalue weighted by atomic mass is 15.0. The Morgan fingerprint density at radius 1 is 0.212 bits per heavy atom. The van der Waals surface area contributed by atoms with E-state index in [9.17, 15) is 5.26 Å². The molecule has 7 aromatic heterocycles. The van der Waals surface area contributed by atoms with E-state index in [-0.39, 0.29) is 0 Å². The van der Waals surface area contributed by atoms with Crippen molar-refractivity contribution in [3.63, 3.8) is 0 Å². The lowest BCUT2D eigenvalue weighted by Gasteiger charge is -2.17. The Balaban J connectivity index is 0.673. The first-order chi connectivity index (χ1) is 51.6. The van der Waals surface area contributed by atoms with Gasteiger partial charge in [-0.2, -0.15) is 5.26 Å². The lowest BCUT2D eigenvalue weighted by Crippen LogP contribution is -1.98. The molecule has 22 aromatic rings. The van der Waals surface area contributed by atoms with Crippen LogP contribution in [0.15, 0.2) is 352 Å². The van der Waals surface area contributed by atoms with Crippen molar-refractivity contribution in [2.75, 3.05) is 0 Å². The number of nitriles is 1. The van der Waals surface area contributed by atoms with E-state index in [1.54, 1.807) is 6.20 Å². The van der Waals surface area contributed by atoms with Crippen molar-refractivity contribution in [1.29, 1.82) is 5.26 Å². The van der Waals surface area contributed by atoms with Gasteiger partial charge in [-0.25, -0.2) is 0 Å². The Morgan fingerprint density at radius 3 is 0.740 bits per heavy atom. The summed E-state index contributed by atoms with van der Waals surface area (Å²) in [6.45, 7) is 0. The van der Waals surface area contributed by atoms with E-state index < -0.39 is 0 Å². The Morgan fingerprint density at radius 2 is 0.462 bits per heavy atom. The fraction of sp³-hybridized carbons (Fsp3) is 0. The summed E-state index contributed by atoms with van der Waals surface area (Å²) in [4.78, 5) is 4.65. The van der Waals surface area contributed by atoms with Crippen LogP contribution < -0.4 is 0 Å². The van der Waals surface area contributed by atoms with Gasteiger partial charge < -0.3 is 27.4 Å². The van der Waals surface area contributed by atoms with Crippen LogP contribution in [0, 0.1) is 11.3 Å². The van der Waals surface area contributed by atoms with Crippen molar-refractivity contribution in [2.24, 2.45) is 0 Å². The zero-order valence-corrected chi connectivity index (χ0v) is 56.1. The van der Waals surface area contributed by atoms with Crippen molar-refractivity contribution >= 4 is 131 Å². The molecule has 0 aliphatic rings. The summed E-state index contributed by atoms with van der Waals surface area (Å²) in [7, 11) is 0. The van der Waals surface area contributed by atoms with Gasteiger partial charge >= 0.3 is 0 Å². The summed E-state index contributed by atoms with van der Waals surface area (Å²) in [5.74, 6) is 0. The number of hydrogen-bond acceptors (Lipinski definition) is 2. The summed E-state index contributed by atoms with van der Waals surface area (Å²) in [5, 5.41) is 26.0. The molecule has 0 saturated heterocycles. The van der Waals surface area contributed by atoms with Crippen molar-refractivity contribution < 1.29 is 0 Å². The first-order valence-corrected chi connectivity index (χ1v) is 35.4. The van der Waals surface area contributed by atoms with Crippen LogP contribution in [0.3, 0.4) is 0 Å². The smallest absolute Gasteiger partial charge is 0.100 e. The normalized spacial score (nSPS) is 12.0. The number of aromatic nitrogens is 7. The molecule has 8 heteroatoms. The van der Waals surface area contributed by atoms with Gasteiger partial charge in [-0.05, 0) is 168 Å². The summed E-state index contributed by atoms with van der Waals surface area (Å²) in [6.07, 6.45) is 3.67. The molecule has 15 aromatic carbocycles. The Bertz CT molecular complexity index is 6850. The standard InChI is InChI=1S/C96H58N8/c97-58-83-69(60-35-39-63(40-36-60)99-92-49-43-65(101-84-27-9-1-19-71(84)72-20-2-10-28-85(72)101)54-79(92)80-55-66(44-50-93(80)99)102-86-29-11-3-21-73(86)74-22-4-12-30-87(74)102)47-48-70(96(83)62-18-17-53-98-59-62)61-37-41-64(42-38-61)100-94-51-45-67(103-88-31-13-5-23-75(88)76-24-6-14-32-89(76)103)56-81(94)82-57-68(46-52-95(82)100)104-90-33-15-7-25-77(90)78-26-8-16-34-91(78)104/h1-57,59H.